The lowest BCUT2D eigenvalue weighted by Gasteiger charge is -2.08. The lowest BCUT2D eigenvalue weighted by Crippen LogP contribution is -2.06. The number of rotatable bonds is 5. The molecular formula is C24H15ClF3N3O5. The van der Waals surface area contributed by atoms with Gasteiger partial charge in [0.1, 0.15) is 5.75 Å². The second-order valence-electron chi connectivity index (χ2n) is 7.48. The summed E-state index contributed by atoms with van der Waals surface area (Å²) in [5, 5.41) is 3.55. The summed E-state index contributed by atoms with van der Waals surface area (Å²) >= 11 is 6.00. The van der Waals surface area contributed by atoms with Crippen LogP contribution < -0.4 is 14.8 Å². The Morgan fingerprint density at radius 1 is 1.11 bits per heavy atom. The number of para-hydroxylation sites is 1. The average Bonchev–Trinajstić information content (AvgIpc) is 3.44. The second-order valence-corrected chi connectivity index (χ2v) is 7.89. The van der Waals surface area contributed by atoms with Gasteiger partial charge in [0, 0.05) is 17.1 Å². The summed E-state index contributed by atoms with van der Waals surface area (Å²) in [6.07, 6.45) is -5.44. The predicted octanol–water partition coefficient (Wildman–Crippen LogP) is 7.66. The Kier molecular flexibility index (Phi) is 5.84. The maximum absolute atomic E-state index is 13.0. The fraction of sp³-hybridized carbons (Fsp3) is 0.0833. The van der Waals surface area contributed by atoms with Crippen molar-refractivity contribution < 1.29 is 36.6 Å². The molecule has 0 atom stereocenters. The highest BCUT2D eigenvalue weighted by atomic mass is 35.5. The van der Waals surface area contributed by atoms with Crippen molar-refractivity contribution in [3.63, 3.8) is 0 Å². The molecule has 2 aromatic heterocycles. The Labute approximate surface area is 205 Å². The number of imidazole rings is 1. The van der Waals surface area contributed by atoms with E-state index in [0.29, 0.717) is 28.2 Å². The topological polar surface area (TPSA) is 98.6 Å². The maximum Gasteiger partial charge on any atom is 0.516 e. The van der Waals surface area contributed by atoms with E-state index in [-0.39, 0.29) is 28.0 Å². The Morgan fingerprint density at radius 2 is 1.89 bits per heavy atom. The lowest BCUT2D eigenvalue weighted by atomic mass is 10.2. The van der Waals surface area contributed by atoms with Crippen LogP contribution in [0.15, 0.2) is 65.1 Å². The summed E-state index contributed by atoms with van der Waals surface area (Å²) in [5.41, 5.74) is 0.457. The van der Waals surface area contributed by atoms with Gasteiger partial charge < -0.3 is 28.9 Å². The number of aromatic nitrogens is 2. The fourth-order valence-electron chi connectivity index (χ4n) is 3.43. The zero-order valence-corrected chi connectivity index (χ0v) is 19.0. The molecule has 5 rings (SSSR count). The average molecular weight is 518 g/mol. The normalized spacial score (nSPS) is 11.6. The molecule has 0 bridgehead atoms. The largest absolute Gasteiger partial charge is 0.516 e. The third-order valence-electron chi connectivity index (χ3n) is 5.05. The molecule has 0 spiro atoms. The highest BCUT2D eigenvalue weighted by Crippen LogP contribution is 2.37. The summed E-state index contributed by atoms with van der Waals surface area (Å²) < 4.78 is 60.0. The van der Waals surface area contributed by atoms with E-state index in [0.717, 1.165) is 12.1 Å². The van der Waals surface area contributed by atoms with Gasteiger partial charge in [0.25, 0.3) is 5.95 Å². The molecule has 0 amide bonds. The first-order chi connectivity index (χ1) is 17.2. The number of benzene rings is 3. The molecule has 3 aromatic carbocycles. The molecule has 36 heavy (non-hydrogen) atoms. The number of hydrogen-bond acceptors (Lipinski definition) is 7. The van der Waals surface area contributed by atoms with Crippen molar-refractivity contribution >= 4 is 51.4 Å². The van der Waals surface area contributed by atoms with Crippen molar-refractivity contribution in [2.24, 2.45) is 0 Å². The molecule has 184 valence electrons. The Hall–Kier alpha value is -4.38. The van der Waals surface area contributed by atoms with Crippen LogP contribution in [0.2, 0.25) is 5.02 Å². The third-order valence-corrected chi connectivity index (χ3v) is 5.35. The number of methoxy groups -OCH3 is 1. The summed E-state index contributed by atoms with van der Waals surface area (Å²) in [4.78, 5) is 18.4. The number of furan rings is 1. The van der Waals surface area contributed by atoms with E-state index in [1.165, 1.54) is 13.2 Å². The zero-order valence-electron chi connectivity index (χ0n) is 18.3. The van der Waals surface area contributed by atoms with Crippen LogP contribution in [0.4, 0.5) is 29.6 Å². The SMILES string of the molecule is COC(=O)Oc1cc2cccc(Oc3ccc(Nc4nc5cc(C(F)(F)F)cc(Cl)c5[nH]4)cc3)c2o1. The van der Waals surface area contributed by atoms with E-state index in [1.54, 1.807) is 42.5 Å². The fourth-order valence-corrected chi connectivity index (χ4v) is 3.69. The van der Waals surface area contributed by atoms with Crippen LogP contribution in [0.5, 0.6) is 17.4 Å². The summed E-state index contributed by atoms with van der Waals surface area (Å²) in [5.74, 6) is 1.04. The minimum atomic E-state index is -4.53. The van der Waals surface area contributed by atoms with Gasteiger partial charge in [0.05, 0.1) is 28.7 Å². The molecule has 0 aliphatic carbocycles. The van der Waals surface area contributed by atoms with Crippen LogP contribution in [-0.2, 0) is 10.9 Å². The molecule has 0 unspecified atom stereocenters. The van der Waals surface area contributed by atoms with Crippen molar-refractivity contribution in [2.75, 3.05) is 12.4 Å². The smallest absolute Gasteiger partial charge is 0.453 e. The molecule has 0 aliphatic rings. The number of hydrogen-bond donors (Lipinski definition) is 2. The number of anilines is 2. The van der Waals surface area contributed by atoms with E-state index in [9.17, 15) is 18.0 Å². The highest BCUT2D eigenvalue weighted by molar-refractivity contribution is 6.35. The van der Waals surface area contributed by atoms with Crippen molar-refractivity contribution in [3.8, 4) is 17.4 Å². The molecule has 5 aromatic rings. The molecule has 0 fully saturated rings. The van der Waals surface area contributed by atoms with Gasteiger partial charge in [-0.3, -0.25) is 0 Å². The third kappa shape index (κ3) is 4.73. The standard InChI is InChI=1S/C24H15ClF3N3O5/c1-33-23(32)36-19-9-12-3-2-4-18(21(12)35-19)34-15-7-5-14(6-8-15)29-22-30-17-11-13(24(26,27)28)10-16(25)20(17)31-22/h2-11H,1H3,(H2,29,30,31). The monoisotopic (exact) mass is 517 g/mol. The first kappa shape index (κ1) is 23.4. The first-order valence-corrected chi connectivity index (χ1v) is 10.7. The minimum Gasteiger partial charge on any atom is -0.453 e. The Bertz CT molecular complexity index is 1580. The van der Waals surface area contributed by atoms with Crippen LogP contribution in [-0.4, -0.2) is 23.2 Å². The van der Waals surface area contributed by atoms with Crippen LogP contribution in [0.25, 0.3) is 22.0 Å². The van der Waals surface area contributed by atoms with Gasteiger partial charge in [0.15, 0.2) is 11.3 Å². The number of H-pyrrole nitrogens is 1. The second kappa shape index (κ2) is 9.00. The number of fused-ring (bicyclic) bond motifs is 2. The van der Waals surface area contributed by atoms with Gasteiger partial charge in [-0.15, -0.1) is 0 Å². The molecule has 12 heteroatoms. The van der Waals surface area contributed by atoms with Crippen LogP contribution in [0.1, 0.15) is 5.56 Å². The predicted molar refractivity (Wildman–Crippen MR) is 125 cm³/mol. The van der Waals surface area contributed by atoms with Gasteiger partial charge in [-0.2, -0.15) is 13.2 Å². The number of halogens is 4. The summed E-state index contributed by atoms with van der Waals surface area (Å²) in [6.45, 7) is 0. The molecule has 2 N–H and O–H groups in total. The van der Waals surface area contributed by atoms with Crippen LogP contribution >= 0.6 is 11.6 Å². The molecule has 8 nitrogen and oxygen atoms in total. The van der Waals surface area contributed by atoms with Gasteiger partial charge in [-0.1, -0.05) is 23.7 Å². The maximum atomic E-state index is 13.0. The number of carbonyl (C=O) groups excluding carboxylic acids is 1. The highest BCUT2D eigenvalue weighted by Gasteiger charge is 2.31. The van der Waals surface area contributed by atoms with Gasteiger partial charge >= 0.3 is 12.3 Å². The van der Waals surface area contributed by atoms with E-state index in [2.05, 4.69) is 20.0 Å². The number of nitrogens with one attached hydrogen (secondary N) is 2. The minimum absolute atomic E-state index is 0.0410. The Morgan fingerprint density at radius 3 is 2.61 bits per heavy atom. The van der Waals surface area contributed by atoms with E-state index >= 15 is 0 Å². The number of nitrogens with zero attached hydrogens (tertiary/aromatic N) is 1. The molecular weight excluding hydrogens is 503 g/mol. The van der Waals surface area contributed by atoms with Crippen molar-refractivity contribution in [1.29, 1.82) is 0 Å². The summed E-state index contributed by atoms with van der Waals surface area (Å²) in [7, 11) is 1.19. The molecule has 0 saturated heterocycles. The van der Waals surface area contributed by atoms with Gasteiger partial charge in [-0.25, -0.2) is 9.78 Å². The van der Waals surface area contributed by atoms with E-state index in [4.69, 9.17) is 25.5 Å². The Balaban J connectivity index is 1.33. The summed E-state index contributed by atoms with van der Waals surface area (Å²) in [6, 6.07) is 15.2. The van der Waals surface area contributed by atoms with Crippen LogP contribution in [0, 0.1) is 0 Å². The molecule has 0 saturated carbocycles. The number of carbonyl (C=O) groups is 1. The first-order valence-electron chi connectivity index (χ1n) is 10.3. The van der Waals surface area contributed by atoms with Gasteiger partial charge in [0.2, 0.25) is 5.95 Å². The van der Waals surface area contributed by atoms with E-state index in [1.807, 2.05) is 0 Å². The van der Waals surface area contributed by atoms with Crippen LogP contribution in [0.3, 0.4) is 0 Å². The van der Waals surface area contributed by atoms with Crippen molar-refractivity contribution in [1.82, 2.24) is 9.97 Å². The quantitative estimate of drug-likeness (QED) is 0.231. The van der Waals surface area contributed by atoms with E-state index < -0.39 is 17.9 Å². The zero-order chi connectivity index (χ0) is 25.4. The van der Waals surface area contributed by atoms with Crippen molar-refractivity contribution in [2.45, 2.75) is 6.18 Å². The number of ether oxygens (including phenoxy) is 3. The lowest BCUT2D eigenvalue weighted by molar-refractivity contribution is -0.137. The molecule has 0 radical (unpaired) electrons. The molecule has 0 aliphatic heterocycles. The number of aromatic amines is 1. The number of alkyl halides is 3. The van der Waals surface area contributed by atoms with Crippen molar-refractivity contribution in [3.05, 3.63) is 71.2 Å². The van der Waals surface area contributed by atoms with Gasteiger partial charge in [-0.05, 0) is 42.5 Å². The molecule has 2 heterocycles.